The van der Waals surface area contributed by atoms with Gasteiger partial charge < -0.3 is 19.6 Å². The van der Waals surface area contributed by atoms with Crippen molar-refractivity contribution < 1.29 is 23.9 Å². The highest BCUT2D eigenvalue weighted by molar-refractivity contribution is 6.45. The van der Waals surface area contributed by atoms with Crippen LogP contribution in [0.2, 0.25) is 0 Å². The number of benzene rings is 2. The summed E-state index contributed by atoms with van der Waals surface area (Å²) in [6.07, 6.45) is 1.06. The van der Waals surface area contributed by atoms with Crippen molar-refractivity contribution in [3.05, 3.63) is 94.7 Å². The SMILES string of the molecule is CNC(=O)/C(=N\OC)c1ccccc1COc1ncc(C(OC=O)c2ccccc2)cc1C. The average molecular weight is 447 g/mol. The number of nitrogens with one attached hydrogen (secondary N) is 1. The van der Waals surface area contributed by atoms with Crippen molar-refractivity contribution in [3.63, 3.8) is 0 Å². The number of nitrogens with zero attached hydrogens (tertiary/aromatic N) is 2. The number of carbonyl (C=O) groups excluding carboxylic acids is 2. The van der Waals surface area contributed by atoms with E-state index in [0.717, 1.165) is 22.3 Å². The highest BCUT2D eigenvalue weighted by Crippen LogP contribution is 2.28. The number of oxime groups is 1. The average Bonchev–Trinajstić information content (AvgIpc) is 2.85. The molecule has 1 amide bonds. The molecule has 1 unspecified atom stereocenters. The van der Waals surface area contributed by atoms with Gasteiger partial charge >= 0.3 is 0 Å². The van der Waals surface area contributed by atoms with E-state index in [9.17, 15) is 9.59 Å². The van der Waals surface area contributed by atoms with Crippen LogP contribution < -0.4 is 10.1 Å². The highest BCUT2D eigenvalue weighted by Gasteiger charge is 2.19. The molecule has 1 atom stereocenters. The molecule has 3 rings (SSSR count). The fourth-order valence-corrected chi connectivity index (χ4v) is 3.36. The molecule has 1 heterocycles. The number of rotatable bonds is 10. The first-order chi connectivity index (χ1) is 16.1. The molecule has 0 aliphatic heterocycles. The van der Waals surface area contributed by atoms with Crippen molar-refractivity contribution in [2.75, 3.05) is 14.2 Å². The van der Waals surface area contributed by atoms with Crippen LogP contribution in [-0.2, 0) is 25.8 Å². The Morgan fingerprint density at radius 2 is 1.85 bits per heavy atom. The summed E-state index contributed by atoms with van der Waals surface area (Å²) in [7, 11) is 2.91. The molecule has 1 N–H and O–H groups in total. The highest BCUT2D eigenvalue weighted by atomic mass is 16.6. The third kappa shape index (κ3) is 5.74. The van der Waals surface area contributed by atoms with E-state index in [1.54, 1.807) is 12.3 Å². The zero-order chi connectivity index (χ0) is 23.6. The molecule has 0 radical (unpaired) electrons. The Morgan fingerprint density at radius 3 is 2.52 bits per heavy atom. The van der Waals surface area contributed by atoms with Crippen LogP contribution in [-0.4, -0.2) is 37.2 Å². The van der Waals surface area contributed by atoms with Crippen molar-refractivity contribution in [1.29, 1.82) is 0 Å². The molecule has 0 bridgehead atoms. The van der Waals surface area contributed by atoms with Gasteiger partial charge in [0.1, 0.15) is 13.7 Å². The van der Waals surface area contributed by atoms with E-state index in [-0.39, 0.29) is 18.2 Å². The first-order valence-electron chi connectivity index (χ1n) is 10.2. The summed E-state index contributed by atoms with van der Waals surface area (Å²) in [6.45, 7) is 2.46. The molecule has 170 valence electrons. The summed E-state index contributed by atoms with van der Waals surface area (Å²) in [6, 6.07) is 18.6. The number of pyridine rings is 1. The van der Waals surface area contributed by atoms with E-state index in [1.165, 1.54) is 14.2 Å². The van der Waals surface area contributed by atoms with E-state index in [1.807, 2.05) is 61.5 Å². The van der Waals surface area contributed by atoms with Crippen LogP contribution >= 0.6 is 0 Å². The summed E-state index contributed by atoms with van der Waals surface area (Å²) in [5.74, 6) is 0.0572. The Morgan fingerprint density at radius 1 is 1.12 bits per heavy atom. The van der Waals surface area contributed by atoms with Crippen molar-refractivity contribution in [3.8, 4) is 5.88 Å². The fraction of sp³-hybridized carbons (Fsp3) is 0.200. The Balaban J connectivity index is 1.83. The Bertz CT molecular complexity index is 1130. The largest absolute Gasteiger partial charge is 0.473 e. The topological polar surface area (TPSA) is 99.1 Å². The first-order valence-corrected chi connectivity index (χ1v) is 10.2. The van der Waals surface area contributed by atoms with Crippen LogP contribution in [0.4, 0.5) is 0 Å². The second-order valence-electron chi connectivity index (χ2n) is 7.06. The van der Waals surface area contributed by atoms with Gasteiger partial charge in [0.25, 0.3) is 12.4 Å². The van der Waals surface area contributed by atoms with Gasteiger partial charge in [0.05, 0.1) is 0 Å². The van der Waals surface area contributed by atoms with Crippen LogP contribution in [0.25, 0.3) is 0 Å². The summed E-state index contributed by atoms with van der Waals surface area (Å²) in [5, 5.41) is 6.43. The molecule has 0 saturated heterocycles. The number of hydrogen-bond donors (Lipinski definition) is 1. The second-order valence-corrected chi connectivity index (χ2v) is 7.06. The normalized spacial score (nSPS) is 11.9. The lowest BCUT2D eigenvalue weighted by Gasteiger charge is -2.17. The van der Waals surface area contributed by atoms with Crippen LogP contribution in [0.15, 0.2) is 72.0 Å². The molecule has 0 saturated carbocycles. The van der Waals surface area contributed by atoms with E-state index in [2.05, 4.69) is 15.5 Å². The van der Waals surface area contributed by atoms with E-state index >= 15 is 0 Å². The number of likely N-dealkylation sites (N-methyl/N-ethyl adjacent to an activating group) is 1. The van der Waals surface area contributed by atoms with Gasteiger partial charge in [0.15, 0.2) is 11.8 Å². The van der Waals surface area contributed by atoms with Gasteiger partial charge in [-0.2, -0.15) is 0 Å². The predicted molar refractivity (Wildman–Crippen MR) is 123 cm³/mol. The van der Waals surface area contributed by atoms with Gasteiger partial charge in [-0.3, -0.25) is 9.59 Å². The van der Waals surface area contributed by atoms with E-state index in [0.29, 0.717) is 17.9 Å². The number of ether oxygens (including phenoxy) is 2. The van der Waals surface area contributed by atoms with Crippen LogP contribution in [0.1, 0.15) is 33.9 Å². The Labute approximate surface area is 192 Å². The van der Waals surface area contributed by atoms with Crippen LogP contribution in [0, 0.1) is 6.92 Å². The van der Waals surface area contributed by atoms with Gasteiger partial charge in [0.2, 0.25) is 5.88 Å². The van der Waals surface area contributed by atoms with Gasteiger partial charge in [-0.15, -0.1) is 0 Å². The lowest BCUT2D eigenvalue weighted by Crippen LogP contribution is -2.29. The molecule has 0 aliphatic carbocycles. The minimum atomic E-state index is -0.565. The van der Waals surface area contributed by atoms with Crippen molar-refractivity contribution in [2.45, 2.75) is 19.6 Å². The molecular weight excluding hydrogens is 422 g/mol. The monoisotopic (exact) mass is 447 g/mol. The van der Waals surface area contributed by atoms with Crippen LogP contribution in [0.5, 0.6) is 5.88 Å². The molecule has 0 aliphatic rings. The summed E-state index contributed by atoms with van der Waals surface area (Å²) in [4.78, 5) is 32.6. The number of carbonyl (C=O) groups is 2. The van der Waals surface area contributed by atoms with Gasteiger partial charge in [-0.05, 0) is 24.1 Å². The molecule has 0 fully saturated rings. The minimum absolute atomic E-state index is 0.149. The molecule has 1 aromatic heterocycles. The van der Waals surface area contributed by atoms with E-state index in [4.69, 9.17) is 14.3 Å². The van der Waals surface area contributed by atoms with Gasteiger partial charge in [0, 0.05) is 29.9 Å². The zero-order valence-electron chi connectivity index (χ0n) is 18.6. The summed E-state index contributed by atoms with van der Waals surface area (Å²) < 4.78 is 11.3. The quantitative estimate of drug-likeness (QED) is 0.291. The summed E-state index contributed by atoms with van der Waals surface area (Å²) in [5.41, 5.74) is 3.83. The standard InChI is InChI=1S/C25H25N3O5/c1-17-13-20(23(33-16-29)18-9-5-4-6-10-18)14-27-25(17)32-15-19-11-7-8-12-21(19)22(28-31-3)24(30)26-2/h4-14,16,23H,15H2,1-3H3,(H,26,30)/b28-22-. The number of aryl methyl sites for hydroxylation is 1. The van der Waals surface area contributed by atoms with Crippen molar-refractivity contribution in [2.24, 2.45) is 5.16 Å². The summed E-state index contributed by atoms with van der Waals surface area (Å²) >= 11 is 0. The minimum Gasteiger partial charge on any atom is -0.473 e. The maximum Gasteiger partial charge on any atom is 0.294 e. The third-order valence-electron chi connectivity index (χ3n) is 4.91. The van der Waals surface area contributed by atoms with Gasteiger partial charge in [-0.25, -0.2) is 4.98 Å². The molecule has 8 heteroatoms. The third-order valence-corrected chi connectivity index (χ3v) is 4.91. The first kappa shape index (κ1) is 23.5. The maximum absolute atomic E-state index is 12.2. The molecule has 2 aromatic carbocycles. The number of amides is 1. The molecular formula is C25H25N3O5. The number of aromatic nitrogens is 1. The molecule has 0 spiro atoms. The van der Waals surface area contributed by atoms with Gasteiger partial charge in [-0.1, -0.05) is 59.8 Å². The Hall–Kier alpha value is -4.20. The zero-order valence-corrected chi connectivity index (χ0v) is 18.6. The second kappa shape index (κ2) is 11.4. The molecule has 33 heavy (non-hydrogen) atoms. The number of hydrogen-bond acceptors (Lipinski definition) is 7. The predicted octanol–water partition coefficient (Wildman–Crippen LogP) is 3.33. The fourth-order valence-electron chi connectivity index (χ4n) is 3.36. The molecule has 8 nitrogen and oxygen atoms in total. The van der Waals surface area contributed by atoms with Crippen molar-refractivity contribution >= 4 is 18.1 Å². The maximum atomic E-state index is 12.2. The smallest absolute Gasteiger partial charge is 0.294 e. The van der Waals surface area contributed by atoms with E-state index < -0.39 is 6.10 Å². The lowest BCUT2D eigenvalue weighted by atomic mass is 10.0. The molecule has 3 aromatic rings. The lowest BCUT2D eigenvalue weighted by molar-refractivity contribution is -0.132. The van der Waals surface area contributed by atoms with Crippen molar-refractivity contribution in [1.82, 2.24) is 10.3 Å². The van der Waals surface area contributed by atoms with Crippen LogP contribution in [0.3, 0.4) is 0 Å². The Kier molecular flexibility index (Phi) is 8.13.